The number of carbonyl (C=O) groups is 3. The van der Waals surface area contributed by atoms with Crippen LogP contribution in [0.2, 0.25) is 0 Å². The van der Waals surface area contributed by atoms with E-state index in [0.29, 0.717) is 24.5 Å². The molecule has 3 aromatic rings. The first-order valence-electron chi connectivity index (χ1n) is 9.93. The molecule has 8 nitrogen and oxygen atoms in total. The van der Waals surface area contributed by atoms with Gasteiger partial charge in [-0.05, 0) is 42.1 Å². The summed E-state index contributed by atoms with van der Waals surface area (Å²) in [6.45, 7) is 2.76. The number of carbonyl (C=O) groups excluding carboxylic acids is 2. The normalized spacial score (nSPS) is 11.7. The Hall–Kier alpha value is -3.72. The largest absolute Gasteiger partial charge is 0.487 e. The Morgan fingerprint density at radius 1 is 1.16 bits per heavy atom. The van der Waals surface area contributed by atoms with Crippen LogP contribution in [0.15, 0.2) is 35.7 Å². The van der Waals surface area contributed by atoms with Gasteiger partial charge >= 0.3 is 11.9 Å². The van der Waals surface area contributed by atoms with Crippen molar-refractivity contribution in [2.75, 3.05) is 13.7 Å². The zero-order valence-electron chi connectivity index (χ0n) is 17.4. The van der Waals surface area contributed by atoms with Crippen molar-refractivity contribution in [2.24, 2.45) is 0 Å². The number of aromatic nitrogens is 1. The van der Waals surface area contributed by atoms with Gasteiger partial charge in [0, 0.05) is 33.7 Å². The molecular formula is C23H20N2O6S. The van der Waals surface area contributed by atoms with Crippen molar-refractivity contribution in [1.29, 1.82) is 0 Å². The number of thiophene rings is 1. The summed E-state index contributed by atoms with van der Waals surface area (Å²) >= 11 is 1.54. The lowest BCUT2D eigenvalue weighted by atomic mass is 9.92. The van der Waals surface area contributed by atoms with E-state index in [-0.39, 0.29) is 28.1 Å². The van der Waals surface area contributed by atoms with E-state index in [2.05, 4.69) is 10.3 Å². The highest BCUT2D eigenvalue weighted by Crippen LogP contribution is 2.44. The molecule has 2 aromatic heterocycles. The van der Waals surface area contributed by atoms with Crippen LogP contribution in [0.1, 0.15) is 49.6 Å². The van der Waals surface area contributed by atoms with Gasteiger partial charge in [0.2, 0.25) is 0 Å². The van der Waals surface area contributed by atoms with Crippen LogP contribution in [0.25, 0.3) is 22.3 Å². The lowest BCUT2D eigenvalue weighted by molar-refractivity contribution is 0.0593. The van der Waals surface area contributed by atoms with Crippen molar-refractivity contribution in [3.63, 3.8) is 0 Å². The molecule has 0 fully saturated rings. The third-order valence-electron chi connectivity index (χ3n) is 5.08. The molecule has 32 heavy (non-hydrogen) atoms. The van der Waals surface area contributed by atoms with Gasteiger partial charge in [-0.25, -0.2) is 14.6 Å². The Balaban J connectivity index is 1.88. The number of esters is 1. The molecule has 0 aliphatic carbocycles. The quantitative estimate of drug-likeness (QED) is 0.543. The van der Waals surface area contributed by atoms with Crippen molar-refractivity contribution in [1.82, 2.24) is 10.3 Å². The van der Waals surface area contributed by atoms with Crippen molar-refractivity contribution in [3.05, 3.63) is 57.5 Å². The smallest absolute Gasteiger partial charge is 0.357 e. The Morgan fingerprint density at radius 2 is 1.97 bits per heavy atom. The number of nitrogens with one attached hydrogen (secondary N) is 1. The van der Waals surface area contributed by atoms with Crippen LogP contribution in [0.3, 0.4) is 0 Å². The van der Waals surface area contributed by atoms with Crippen LogP contribution in [-0.2, 0) is 11.3 Å². The van der Waals surface area contributed by atoms with Crippen LogP contribution in [0.4, 0.5) is 0 Å². The van der Waals surface area contributed by atoms with Crippen molar-refractivity contribution in [3.8, 4) is 28.0 Å². The van der Waals surface area contributed by atoms with Crippen LogP contribution < -0.4 is 10.1 Å². The highest BCUT2D eigenvalue weighted by molar-refractivity contribution is 7.10. The van der Waals surface area contributed by atoms with Gasteiger partial charge in [-0.2, -0.15) is 0 Å². The van der Waals surface area contributed by atoms with Crippen LogP contribution in [0, 0.1) is 0 Å². The minimum Gasteiger partial charge on any atom is -0.487 e. The molecule has 3 heterocycles. The number of fused-ring (bicyclic) bond motifs is 3. The number of carboxylic acid groups (broad SMARTS) is 1. The molecular weight excluding hydrogens is 432 g/mol. The molecule has 4 rings (SSSR count). The fraction of sp³-hybridized carbons (Fsp3) is 0.217. The van der Waals surface area contributed by atoms with Gasteiger partial charge in [0.25, 0.3) is 5.91 Å². The Bertz CT molecular complexity index is 1230. The number of amides is 1. The first-order valence-corrected chi connectivity index (χ1v) is 10.8. The van der Waals surface area contributed by atoms with E-state index in [1.165, 1.54) is 19.2 Å². The van der Waals surface area contributed by atoms with Gasteiger partial charge in [0.05, 0.1) is 12.7 Å². The monoisotopic (exact) mass is 452 g/mol. The molecule has 0 spiro atoms. The number of benzene rings is 1. The van der Waals surface area contributed by atoms with E-state index in [4.69, 9.17) is 9.47 Å². The predicted molar refractivity (Wildman–Crippen MR) is 118 cm³/mol. The summed E-state index contributed by atoms with van der Waals surface area (Å²) in [4.78, 5) is 42.2. The van der Waals surface area contributed by atoms with Crippen molar-refractivity contribution >= 4 is 29.2 Å². The van der Waals surface area contributed by atoms with E-state index < -0.39 is 17.8 Å². The maximum absolute atomic E-state index is 12.5. The summed E-state index contributed by atoms with van der Waals surface area (Å²) in [7, 11) is 1.20. The summed E-state index contributed by atoms with van der Waals surface area (Å²) in [5, 5.41) is 14.5. The second kappa shape index (κ2) is 8.80. The number of pyridine rings is 1. The zero-order chi connectivity index (χ0) is 22.8. The molecule has 1 amide bonds. The molecule has 1 aliphatic heterocycles. The topological polar surface area (TPSA) is 115 Å². The summed E-state index contributed by atoms with van der Waals surface area (Å²) < 4.78 is 10.7. The SMILES string of the molecule is CCCNC(=O)c1ccc(-c2cc3c(cc2C(=O)O)-c2ccsc2CO3)c(C(=O)OC)n1. The maximum atomic E-state index is 12.5. The highest BCUT2D eigenvalue weighted by atomic mass is 32.1. The molecule has 0 radical (unpaired) electrons. The van der Waals surface area contributed by atoms with Gasteiger partial charge < -0.3 is 19.9 Å². The summed E-state index contributed by atoms with van der Waals surface area (Å²) in [5.41, 5.74) is 1.98. The van der Waals surface area contributed by atoms with Gasteiger partial charge in [0.1, 0.15) is 18.1 Å². The number of nitrogens with zero attached hydrogens (tertiary/aromatic N) is 1. The number of aromatic carboxylic acids is 1. The molecule has 0 saturated heterocycles. The zero-order valence-corrected chi connectivity index (χ0v) is 18.2. The maximum Gasteiger partial charge on any atom is 0.357 e. The molecule has 164 valence electrons. The average Bonchev–Trinajstić information content (AvgIpc) is 3.30. The Kier molecular flexibility index (Phi) is 5.91. The van der Waals surface area contributed by atoms with Gasteiger partial charge in [-0.3, -0.25) is 4.79 Å². The second-order valence-electron chi connectivity index (χ2n) is 7.09. The van der Waals surface area contributed by atoms with E-state index in [1.54, 1.807) is 23.5 Å². The lowest BCUT2D eigenvalue weighted by Gasteiger charge is -2.21. The number of ether oxygens (including phenoxy) is 2. The van der Waals surface area contributed by atoms with E-state index in [0.717, 1.165) is 16.9 Å². The molecule has 0 unspecified atom stereocenters. The number of rotatable bonds is 6. The van der Waals surface area contributed by atoms with Gasteiger partial charge in [-0.15, -0.1) is 11.3 Å². The van der Waals surface area contributed by atoms with Gasteiger partial charge in [-0.1, -0.05) is 6.92 Å². The lowest BCUT2D eigenvalue weighted by Crippen LogP contribution is -2.25. The van der Waals surface area contributed by atoms with Crippen molar-refractivity contribution in [2.45, 2.75) is 20.0 Å². The van der Waals surface area contributed by atoms with E-state index in [1.807, 2.05) is 18.4 Å². The fourth-order valence-corrected chi connectivity index (χ4v) is 4.33. The summed E-state index contributed by atoms with van der Waals surface area (Å²) in [6.07, 6.45) is 0.747. The number of methoxy groups -OCH3 is 1. The molecule has 0 atom stereocenters. The van der Waals surface area contributed by atoms with Crippen LogP contribution in [0.5, 0.6) is 5.75 Å². The first-order chi connectivity index (χ1) is 15.4. The Morgan fingerprint density at radius 3 is 2.69 bits per heavy atom. The standard InChI is InChI=1S/C23H20N2O6S/c1-3-7-24-21(26)17-5-4-13(20(25-17)23(29)30-2)14-10-18-15(9-16(14)22(27)28)12-6-8-32-19(12)11-31-18/h4-6,8-10H,3,7,11H2,1-2H3,(H,24,26)(H,27,28). The highest BCUT2D eigenvalue weighted by Gasteiger charge is 2.27. The fourth-order valence-electron chi connectivity index (χ4n) is 3.53. The number of carboxylic acids is 1. The van der Waals surface area contributed by atoms with Crippen LogP contribution >= 0.6 is 11.3 Å². The van der Waals surface area contributed by atoms with Gasteiger partial charge in [0.15, 0.2) is 5.69 Å². The predicted octanol–water partition coefficient (Wildman–Crippen LogP) is 3.99. The first kappa shape index (κ1) is 21.5. The van der Waals surface area contributed by atoms with Crippen LogP contribution in [-0.4, -0.2) is 41.6 Å². The molecule has 0 saturated carbocycles. The minimum atomic E-state index is -1.16. The number of hydrogen-bond donors (Lipinski definition) is 2. The second-order valence-corrected chi connectivity index (χ2v) is 8.09. The summed E-state index contributed by atoms with van der Waals surface area (Å²) in [5.74, 6) is -1.86. The molecule has 2 N–H and O–H groups in total. The van der Waals surface area contributed by atoms with Crippen molar-refractivity contribution < 1.29 is 29.0 Å². The molecule has 9 heteroatoms. The molecule has 1 aliphatic rings. The number of hydrogen-bond acceptors (Lipinski definition) is 7. The van der Waals surface area contributed by atoms with E-state index >= 15 is 0 Å². The molecule has 0 bridgehead atoms. The Labute approximate surface area is 187 Å². The molecule has 1 aromatic carbocycles. The third-order valence-corrected chi connectivity index (χ3v) is 5.97. The third kappa shape index (κ3) is 3.82. The summed E-state index contributed by atoms with van der Waals surface area (Å²) in [6, 6.07) is 8.03. The average molecular weight is 452 g/mol. The van der Waals surface area contributed by atoms with E-state index in [9.17, 15) is 19.5 Å². The minimum absolute atomic E-state index is 0.0125.